The summed E-state index contributed by atoms with van der Waals surface area (Å²) >= 11 is 0. The van der Waals surface area contributed by atoms with E-state index in [9.17, 15) is 4.79 Å². The number of hydrogen-bond acceptors (Lipinski definition) is 4. The van der Waals surface area contributed by atoms with E-state index in [-0.39, 0.29) is 11.9 Å². The van der Waals surface area contributed by atoms with Gasteiger partial charge in [-0.1, -0.05) is 56.3 Å². The number of amides is 1. The molecule has 3 aromatic rings. The summed E-state index contributed by atoms with van der Waals surface area (Å²) in [7, 11) is 0. The van der Waals surface area contributed by atoms with Gasteiger partial charge in [0.2, 0.25) is 0 Å². The van der Waals surface area contributed by atoms with Crippen molar-refractivity contribution in [1.29, 1.82) is 0 Å². The largest absolute Gasteiger partial charge is 0.477 e. The molecule has 1 atom stereocenters. The zero-order valence-electron chi connectivity index (χ0n) is 18.2. The molecule has 2 aromatic carbocycles. The molecule has 0 radical (unpaired) electrons. The molecule has 2 heterocycles. The maximum Gasteiger partial charge on any atom is 0.263 e. The highest BCUT2D eigenvalue weighted by atomic mass is 16.5. The van der Waals surface area contributed by atoms with Gasteiger partial charge in [-0.15, -0.1) is 0 Å². The van der Waals surface area contributed by atoms with Crippen LogP contribution >= 0.6 is 0 Å². The molecule has 1 aliphatic heterocycles. The lowest BCUT2D eigenvalue weighted by Crippen LogP contribution is -2.51. The summed E-state index contributed by atoms with van der Waals surface area (Å²) in [4.78, 5) is 19.7. The number of hydrogen-bond donors (Lipinski definition) is 1. The average molecular weight is 419 g/mol. The fourth-order valence-corrected chi connectivity index (χ4v) is 3.97. The predicted molar refractivity (Wildman–Crippen MR) is 122 cm³/mol. The molecular formula is C25H30N4O2. The molecule has 1 aliphatic rings. The first-order valence-corrected chi connectivity index (χ1v) is 11.0. The van der Waals surface area contributed by atoms with Gasteiger partial charge in [-0.2, -0.15) is 0 Å². The molecule has 0 bridgehead atoms. The number of carbonyl (C=O) groups is 1. The van der Waals surface area contributed by atoms with E-state index in [0.717, 1.165) is 36.6 Å². The second-order valence-electron chi connectivity index (χ2n) is 7.93. The molecule has 1 unspecified atom stereocenters. The summed E-state index contributed by atoms with van der Waals surface area (Å²) < 4.78 is 8.24. The number of fused-ring (bicyclic) bond motifs is 1. The van der Waals surface area contributed by atoms with Crippen LogP contribution in [0.25, 0.3) is 0 Å². The van der Waals surface area contributed by atoms with E-state index in [1.165, 1.54) is 5.56 Å². The second-order valence-corrected chi connectivity index (χ2v) is 7.93. The number of nitrogens with zero attached hydrogens (tertiary/aromatic N) is 3. The van der Waals surface area contributed by atoms with Crippen molar-refractivity contribution < 1.29 is 9.53 Å². The monoisotopic (exact) mass is 418 g/mol. The Labute approximate surface area is 183 Å². The molecule has 1 aromatic heterocycles. The highest BCUT2D eigenvalue weighted by molar-refractivity contribution is 5.83. The molecule has 6 heteroatoms. The van der Waals surface area contributed by atoms with E-state index >= 15 is 0 Å². The summed E-state index contributed by atoms with van der Waals surface area (Å²) in [5.41, 5.74) is 2.22. The first-order valence-electron chi connectivity index (χ1n) is 11.0. The fraction of sp³-hybridized carbons (Fsp3) is 0.360. The summed E-state index contributed by atoms with van der Waals surface area (Å²) in [6.45, 7) is 6.03. The van der Waals surface area contributed by atoms with Gasteiger partial charge < -0.3 is 19.5 Å². The minimum absolute atomic E-state index is 0.0548. The fourth-order valence-electron chi connectivity index (χ4n) is 3.97. The first-order chi connectivity index (χ1) is 15.2. The van der Waals surface area contributed by atoms with Crippen molar-refractivity contribution >= 4 is 11.6 Å². The number of ether oxygens (including phenoxy) is 1. The SMILES string of the molecule is CCC(CC)NC(=O)C1CN(Cc2nccn2Cc2ccccc2)c2ccccc2O1. The molecule has 162 valence electrons. The highest BCUT2D eigenvalue weighted by Gasteiger charge is 2.32. The number of rotatable bonds is 8. The second kappa shape index (κ2) is 9.69. The molecular weight excluding hydrogens is 388 g/mol. The van der Waals surface area contributed by atoms with Crippen LogP contribution in [-0.4, -0.2) is 34.1 Å². The van der Waals surface area contributed by atoms with Crippen molar-refractivity contribution in [3.63, 3.8) is 0 Å². The number of anilines is 1. The summed E-state index contributed by atoms with van der Waals surface area (Å²) in [5, 5.41) is 3.13. The zero-order chi connectivity index (χ0) is 21.6. The standard InChI is InChI=1S/C25H30N4O2/c1-3-20(4-2)27-25(30)23-17-29(21-12-8-9-13-22(21)31-23)18-24-26-14-15-28(24)16-19-10-6-5-7-11-19/h5-15,20,23H,3-4,16-18H2,1-2H3,(H,27,30). The molecule has 1 amide bonds. The van der Waals surface area contributed by atoms with Crippen molar-refractivity contribution in [3.8, 4) is 5.75 Å². The van der Waals surface area contributed by atoms with Crippen LogP contribution in [0, 0.1) is 0 Å². The normalized spacial score (nSPS) is 15.5. The van der Waals surface area contributed by atoms with Crippen LogP contribution in [0.4, 0.5) is 5.69 Å². The van der Waals surface area contributed by atoms with E-state index in [0.29, 0.717) is 13.1 Å². The molecule has 1 N–H and O–H groups in total. The third kappa shape index (κ3) is 4.90. The van der Waals surface area contributed by atoms with Crippen molar-refractivity contribution in [3.05, 3.63) is 78.4 Å². The van der Waals surface area contributed by atoms with Crippen LogP contribution < -0.4 is 15.0 Å². The van der Waals surface area contributed by atoms with Crippen molar-refractivity contribution in [2.75, 3.05) is 11.4 Å². The van der Waals surface area contributed by atoms with Gasteiger partial charge in [0, 0.05) is 25.0 Å². The third-order valence-electron chi connectivity index (χ3n) is 5.82. The van der Waals surface area contributed by atoms with E-state index in [1.54, 1.807) is 0 Å². The zero-order valence-corrected chi connectivity index (χ0v) is 18.2. The molecule has 0 saturated heterocycles. The van der Waals surface area contributed by atoms with Crippen LogP contribution in [0.2, 0.25) is 0 Å². The highest BCUT2D eigenvalue weighted by Crippen LogP contribution is 2.34. The Morgan fingerprint density at radius 1 is 1.10 bits per heavy atom. The van der Waals surface area contributed by atoms with Crippen molar-refractivity contribution in [1.82, 2.24) is 14.9 Å². The number of imidazole rings is 1. The van der Waals surface area contributed by atoms with Gasteiger partial charge in [-0.25, -0.2) is 4.98 Å². The Kier molecular flexibility index (Phi) is 6.55. The van der Waals surface area contributed by atoms with E-state index in [2.05, 4.69) is 45.7 Å². The Bertz CT molecular complexity index is 998. The predicted octanol–water partition coefficient (Wildman–Crippen LogP) is 4.00. The number of aromatic nitrogens is 2. The van der Waals surface area contributed by atoms with Gasteiger partial charge in [0.05, 0.1) is 18.8 Å². The Hall–Kier alpha value is -3.28. The lowest BCUT2D eigenvalue weighted by molar-refractivity contribution is -0.128. The van der Waals surface area contributed by atoms with Crippen LogP contribution in [0.5, 0.6) is 5.75 Å². The van der Waals surface area contributed by atoms with Gasteiger partial charge in [0.25, 0.3) is 5.91 Å². The van der Waals surface area contributed by atoms with Crippen LogP contribution in [-0.2, 0) is 17.9 Å². The third-order valence-corrected chi connectivity index (χ3v) is 5.82. The van der Waals surface area contributed by atoms with E-state index < -0.39 is 6.10 Å². The maximum absolute atomic E-state index is 12.9. The van der Waals surface area contributed by atoms with Crippen LogP contribution in [0.1, 0.15) is 38.1 Å². The quantitative estimate of drug-likeness (QED) is 0.601. The number of carbonyl (C=O) groups excluding carboxylic acids is 1. The topological polar surface area (TPSA) is 59.4 Å². The molecule has 0 aliphatic carbocycles. The smallest absolute Gasteiger partial charge is 0.263 e. The Morgan fingerprint density at radius 3 is 2.61 bits per heavy atom. The summed E-state index contributed by atoms with van der Waals surface area (Å²) in [5.74, 6) is 1.64. The molecule has 0 spiro atoms. The molecule has 0 saturated carbocycles. The minimum Gasteiger partial charge on any atom is -0.477 e. The molecule has 0 fully saturated rings. The Morgan fingerprint density at radius 2 is 1.84 bits per heavy atom. The lowest BCUT2D eigenvalue weighted by atomic mass is 10.1. The first kappa shape index (κ1) is 21.0. The van der Waals surface area contributed by atoms with Gasteiger partial charge in [0.15, 0.2) is 6.10 Å². The minimum atomic E-state index is -0.548. The van der Waals surface area contributed by atoms with E-state index in [4.69, 9.17) is 4.74 Å². The number of nitrogens with one attached hydrogen (secondary N) is 1. The van der Waals surface area contributed by atoms with Gasteiger partial charge >= 0.3 is 0 Å². The molecule has 31 heavy (non-hydrogen) atoms. The van der Waals surface area contributed by atoms with Crippen molar-refractivity contribution in [2.24, 2.45) is 0 Å². The number of para-hydroxylation sites is 2. The van der Waals surface area contributed by atoms with Crippen LogP contribution in [0.15, 0.2) is 67.0 Å². The summed E-state index contributed by atoms with van der Waals surface area (Å²) in [6, 6.07) is 18.4. The van der Waals surface area contributed by atoms with Gasteiger partial charge in [0.1, 0.15) is 11.6 Å². The van der Waals surface area contributed by atoms with Gasteiger partial charge in [-0.3, -0.25) is 4.79 Å². The van der Waals surface area contributed by atoms with Gasteiger partial charge in [-0.05, 0) is 30.5 Å². The maximum atomic E-state index is 12.9. The lowest BCUT2D eigenvalue weighted by Gasteiger charge is -2.36. The molecule has 4 rings (SSSR count). The van der Waals surface area contributed by atoms with Crippen molar-refractivity contribution in [2.45, 2.75) is 51.9 Å². The number of benzene rings is 2. The average Bonchev–Trinajstić information content (AvgIpc) is 3.24. The molecule has 6 nitrogen and oxygen atoms in total. The Balaban J connectivity index is 1.54. The van der Waals surface area contributed by atoms with E-state index in [1.807, 2.05) is 54.9 Å². The summed E-state index contributed by atoms with van der Waals surface area (Å²) in [6.07, 6.45) is 5.11. The van der Waals surface area contributed by atoms with Crippen LogP contribution in [0.3, 0.4) is 0 Å².